The first-order valence-corrected chi connectivity index (χ1v) is 9.31. The molecule has 2 aliphatic rings. The minimum Gasteiger partial charge on any atom is -0.545 e. The number of nitrogens with zero attached hydrogens (tertiary/aromatic N) is 1. The first-order chi connectivity index (χ1) is 11.7. The predicted octanol–water partition coefficient (Wildman–Crippen LogP) is 3.16. The number of carboxylic acid groups (broad SMARTS) is 1. The summed E-state index contributed by atoms with van der Waals surface area (Å²) in [6, 6.07) is 6.90. The van der Waals surface area contributed by atoms with Gasteiger partial charge < -0.3 is 14.8 Å². The van der Waals surface area contributed by atoms with Gasteiger partial charge in [-0.05, 0) is 43.4 Å². The minimum atomic E-state index is -1.20. The van der Waals surface area contributed by atoms with Crippen molar-refractivity contribution in [2.45, 2.75) is 76.3 Å². The number of carbonyl (C=O) groups is 2. The molecule has 0 spiro atoms. The van der Waals surface area contributed by atoms with Crippen LogP contribution >= 0.6 is 0 Å². The van der Waals surface area contributed by atoms with Crippen molar-refractivity contribution in [1.29, 1.82) is 0 Å². The standard InChI is InChI=1S/C20H27NO3/c22-19(15-11-13-16(14-12-15)20(23)24)21(17-7-3-1-4-8-17)18-9-5-2-6-10-18/h11-14,17-18H,1-10H2,(H,23,24)/p-1. The van der Waals surface area contributed by atoms with Crippen LogP contribution in [-0.4, -0.2) is 28.9 Å². The van der Waals surface area contributed by atoms with E-state index in [1.807, 2.05) is 0 Å². The van der Waals surface area contributed by atoms with Crippen LogP contribution in [0.25, 0.3) is 0 Å². The lowest BCUT2D eigenvalue weighted by molar-refractivity contribution is -0.255. The maximum absolute atomic E-state index is 13.2. The number of hydrogen-bond donors (Lipinski definition) is 0. The van der Waals surface area contributed by atoms with Gasteiger partial charge in [0.25, 0.3) is 5.91 Å². The van der Waals surface area contributed by atoms with Gasteiger partial charge in [0.05, 0.1) is 5.97 Å². The number of carboxylic acids is 1. The molecule has 2 fully saturated rings. The summed E-state index contributed by atoms with van der Waals surface area (Å²) in [4.78, 5) is 26.2. The zero-order valence-corrected chi connectivity index (χ0v) is 14.2. The largest absolute Gasteiger partial charge is 0.545 e. The average Bonchev–Trinajstić information content (AvgIpc) is 2.64. The van der Waals surface area contributed by atoms with E-state index in [-0.39, 0.29) is 11.5 Å². The third-order valence-electron chi connectivity index (χ3n) is 5.54. The van der Waals surface area contributed by atoms with Gasteiger partial charge in [-0.3, -0.25) is 4.79 Å². The summed E-state index contributed by atoms with van der Waals surface area (Å²) in [6.45, 7) is 0. The highest BCUT2D eigenvalue weighted by Crippen LogP contribution is 2.31. The molecular formula is C20H26NO3-. The van der Waals surface area contributed by atoms with E-state index in [1.165, 1.54) is 50.7 Å². The highest BCUT2D eigenvalue weighted by molar-refractivity contribution is 5.96. The van der Waals surface area contributed by atoms with E-state index in [0.29, 0.717) is 17.6 Å². The van der Waals surface area contributed by atoms with Crippen molar-refractivity contribution in [2.24, 2.45) is 0 Å². The average molecular weight is 328 g/mol. The zero-order chi connectivity index (χ0) is 16.9. The first kappa shape index (κ1) is 17.0. The van der Waals surface area contributed by atoms with Gasteiger partial charge in [-0.15, -0.1) is 0 Å². The number of rotatable bonds is 4. The molecule has 0 unspecified atom stereocenters. The van der Waals surface area contributed by atoms with Crippen LogP contribution in [0.2, 0.25) is 0 Å². The topological polar surface area (TPSA) is 60.4 Å². The Kier molecular flexibility index (Phi) is 5.54. The molecule has 1 amide bonds. The van der Waals surface area contributed by atoms with Crippen LogP contribution in [-0.2, 0) is 0 Å². The molecule has 2 saturated carbocycles. The summed E-state index contributed by atoms with van der Waals surface area (Å²) in [6.07, 6.45) is 11.7. The second-order valence-electron chi connectivity index (χ2n) is 7.16. The molecule has 0 saturated heterocycles. The van der Waals surface area contributed by atoms with E-state index >= 15 is 0 Å². The van der Waals surface area contributed by atoms with Crippen molar-refractivity contribution in [2.75, 3.05) is 0 Å². The Labute approximate surface area is 143 Å². The molecule has 1 aromatic rings. The highest BCUT2D eigenvalue weighted by atomic mass is 16.4. The maximum Gasteiger partial charge on any atom is 0.254 e. The second-order valence-corrected chi connectivity index (χ2v) is 7.16. The molecule has 0 heterocycles. The number of benzene rings is 1. The molecule has 0 aromatic heterocycles. The van der Waals surface area contributed by atoms with Crippen molar-refractivity contribution >= 4 is 11.9 Å². The fraction of sp³-hybridized carbons (Fsp3) is 0.600. The fourth-order valence-corrected chi connectivity index (χ4v) is 4.25. The van der Waals surface area contributed by atoms with Crippen molar-refractivity contribution in [3.63, 3.8) is 0 Å². The second kappa shape index (κ2) is 7.82. The molecular weight excluding hydrogens is 302 g/mol. The van der Waals surface area contributed by atoms with E-state index in [0.717, 1.165) is 25.7 Å². The summed E-state index contributed by atoms with van der Waals surface area (Å²) < 4.78 is 0. The Bertz CT molecular complexity index is 551. The van der Waals surface area contributed by atoms with E-state index in [4.69, 9.17) is 0 Å². The van der Waals surface area contributed by atoms with Crippen LogP contribution in [0.4, 0.5) is 0 Å². The van der Waals surface area contributed by atoms with Gasteiger partial charge in [0.1, 0.15) is 0 Å². The molecule has 1 aromatic carbocycles. The lowest BCUT2D eigenvalue weighted by Crippen LogP contribution is -2.48. The van der Waals surface area contributed by atoms with Crippen LogP contribution in [0.1, 0.15) is 84.9 Å². The molecule has 0 aliphatic heterocycles. The maximum atomic E-state index is 13.2. The predicted molar refractivity (Wildman–Crippen MR) is 90.7 cm³/mol. The van der Waals surface area contributed by atoms with Crippen molar-refractivity contribution in [3.8, 4) is 0 Å². The molecule has 0 N–H and O–H groups in total. The van der Waals surface area contributed by atoms with Crippen molar-refractivity contribution in [3.05, 3.63) is 35.4 Å². The van der Waals surface area contributed by atoms with Gasteiger partial charge in [0.2, 0.25) is 0 Å². The third kappa shape index (κ3) is 3.80. The molecule has 130 valence electrons. The Morgan fingerprint density at radius 2 is 1.17 bits per heavy atom. The summed E-state index contributed by atoms with van der Waals surface area (Å²) in [7, 11) is 0. The van der Waals surface area contributed by atoms with Gasteiger partial charge in [0, 0.05) is 17.6 Å². The zero-order valence-electron chi connectivity index (χ0n) is 14.2. The highest BCUT2D eigenvalue weighted by Gasteiger charge is 2.32. The van der Waals surface area contributed by atoms with Gasteiger partial charge in [-0.1, -0.05) is 50.7 Å². The minimum absolute atomic E-state index is 0.0682. The lowest BCUT2D eigenvalue weighted by Gasteiger charge is -2.42. The van der Waals surface area contributed by atoms with Gasteiger partial charge in [0.15, 0.2) is 0 Å². The molecule has 2 aliphatic carbocycles. The lowest BCUT2D eigenvalue weighted by atomic mass is 9.88. The number of carbonyl (C=O) groups excluding carboxylic acids is 2. The van der Waals surface area contributed by atoms with E-state index in [2.05, 4.69) is 4.90 Å². The van der Waals surface area contributed by atoms with Crippen LogP contribution in [0.3, 0.4) is 0 Å². The SMILES string of the molecule is O=C([O-])c1ccc(C(=O)N(C2CCCCC2)C2CCCCC2)cc1. The Balaban J connectivity index is 1.82. The first-order valence-electron chi connectivity index (χ1n) is 9.31. The van der Waals surface area contributed by atoms with Crippen LogP contribution in [0.15, 0.2) is 24.3 Å². The van der Waals surface area contributed by atoms with E-state index in [9.17, 15) is 14.7 Å². The van der Waals surface area contributed by atoms with Crippen LogP contribution < -0.4 is 5.11 Å². The number of amides is 1. The molecule has 24 heavy (non-hydrogen) atoms. The normalized spacial score (nSPS) is 19.8. The van der Waals surface area contributed by atoms with E-state index < -0.39 is 5.97 Å². The van der Waals surface area contributed by atoms with Crippen LogP contribution in [0, 0.1) is 0 Å². The smallest absolute Gasteiger partial charge is 0.254 e. The Morgan fingerprint density at radius 1 is 0.750 bits per heavy atom. The Morgan fingerprint density at radius 3 is 1.58 bits per heavy atom. The molecule has 3 rings (SSSR count). The van der Waals surface area contributed by atoms with Crippen LogP contribution in [0.5, 0.6) is 0 Å². The molecule has 0 bridgehead atoms. The van der Waals surface area contributed by atoms with Crippen molar-refractivity contribution in [1.82, 2.24) is 4.90 Å². The third-order valence-corrected chi connectivity index (χ3v) is 5.54. The summed E-state index contributed by atoms with van der Waals surface area (Å²) in [5, 5.41) is 10.9. The van der Waals surface area contributed by atoms with E-state index in [1.54, 1.807) is 12.1 Å². The monoisotopic (exact) mass is 328 g/mol. The van der Waals surface area contributed by atoms with Gasteiger partial charge in [-0.2, -0.15) is 0 Å². The molecule has 0 atom stereocenters. The summed E-state index contributed by atoms with van der Waals surface area (Å²) in [5.74, 6) is -1.14. The molecule has 0 radical (unpaired) electrons. The molecule has 4 heteroatoms. The summed E-state index contributed by atoms with van der Waals surface area (Å²) in [5.41, 5.74) is 0.713. The van der Waals surface area contributed by atoms with Gasteiger partial charge in [-0.25, -0.2) is 0 Å². The fourth-order valence-electron chi connectivity index (χ4n) is 4.25. The quantitative estimate of drug-likeness (QED) is 0.853. The number of hydrogen-bond acceptors (Lipinski definition) is 3. The Hall–Kier alpha value is -1.84. The number of aromatic carboxylic acids is 1. The van der Waals surface area contributed by atoms with Crippen molar-refractivity contribution < 1.29 is 14.7 Å². The molecule has 4 nitrogen and oxygen atoms in total. The summed E-state index contributed by atoms with van der Waals surface area (Å²) >= 11 is 0. The van der Waals surface area contributed by atoms with Gasteiger partial charge >= 0.3 is 0 Å².